The summed E-state index contributed by atoms with van der Waals surface area (Å²) in [6.45, 7) is 2.20. The monoisotopic (exact) mass is 348 g/mol. The van der Waals surface area contributed by atoms with Gasteiger partial charge >= 0.3 is 17.9 Å². The van der Waals surface area contributed by atoms with Crippen LogP contribution >= 0.6 is 0 Å². The Balaban J connectivity index is 2.27. The van der Waals surface area contributed by atoms with Crippen molar-refractivity contribution in [1.82, 2.24) is 0 Å². The van der Waals surface area contributed by atoms with E-state index in [-0.39, 0.29) is 25.0 Å². The van der Waals surface area contributed by atoms with Gasteiger partial charge in [-0.05, 0) is 12.0 Å². The van der Waals surface area contributed by atoms with E-state index in [1.807, 2.05) is 6.92 Å². The fraction of sp³-hybridized carbons (Fsp3) is 0.389. The van der Waals surface area contributed by atoms with Crippen molar-refractivity contribution >= 4 is 23.5 Å². The predicted octanol–water partition coefficient (Wildman–Crippen LogP) is 2.46. The molecule has 1 heterocycles. The first kappa shape index (κ1) is 18.5. The van der Waals surface area contributed by atoms with Crippen molar-refractivity contribution in [3.8, 4) is 0 Å². The summed E-state index contributed by atoms with van der Waals surface area (Å²) >= 11 is 0. The van der Waals surface area contributed by atoms with E-state index in [9.17, 15) is 24.6 Å². The molecule has 1 unspecified atom stereocenters. The van der Waals surface area contributed by atoms with E-state index >= 15 is 0 Å². The largest absolute Gasteiger partial charge is 0.502 e. The van der Waals surface area contributed by atoms with Gasteiger partial charge in [0.25, 0.3) is 0 Å². The number of unbranched alkanes of at least 4 members (excludes halogenated alkanes) is 1. The average Bonchev–Trinajstić information content (AvgIpc) is 2.86. The summed E-state index contributed by atoms with van der Waals surface area (Å²) in [6.07, 6.45) is 0.986. The molecule has 7 heteroatoms. The van der Waals surface area contributed by atoms with Crippen molar-refractivity contribution < 1.29 is 34.1 Å². The molecule has 1 aromatic rings. The lowest BCUT2D eigenvalue weighted by Gasteiger charge is -2.25. The van der Waals surface area contributed by atoms with Crippen LogP contribution in [0.5, 0.6) is 0 Å². The Kier molecular flexibility index (Phi) is 5.80. The van der Waals surface area contributed by atoms with Crippen LogP contribution < -0.4 is 0 Å². The second-order valence-electron chi connectivity index (χ2n) is 5.69. The first-order valence-electron chi connectivity index (χ1n) is 8.04. The Hall–Kier alpha value is -2.83. The van der Waals surface area contributed by atoms with Crippen molar-refractivity contribution in [3.63, 3.8) is 0 Å². The van der Waals surface area contributed by atoms with Gasteiger partial charge in [0.15, 0.2) is 0 Å². The fourth-order valence-corrected chi connectivity index (χ4v) is 2.64. The van der Waals surface area contributed by atoms with E-state index in [1.165, 1.54) is 0 Å². The fourth-order valence-electron chi connectivity index (χ4n) is 2.64. The van der Waals surface area contributed by atoms with Crippen molar-refractivity contribution in [2.24, 2.45) is 0 Å². The first-order chi connectivity index (χ1) is 11.9. The Morgan fingerprint density at radius 2 is 1.92 bits per heavy atom. The molecule has 0 fully saturated rings. The topological polar surface area (TPSA) is 110 Å². The number of carbonyl (C=O) groups excluding carboxylic acids is 2. The third kappa shape index (κ3) is 3.81. The van der Waals surface area contributed by atoms with Crippen LogP contribution in [0, 0.1) is 0 Å². The second-order valence-corrected chi connectivity index (χ2v) is 5.69. The molecule has 0 bridgehead atoms. The summed E-state index contributed by atoms with van der Waals surface area (Å²) in [5.41, 5.74) is -1.92. The van der Waals surface area contributed by atoms with Crippen molar-refractivity contribution in [3.05, 3.63) is 41.7 Å². The second kappa shape index (κ2) is 7.83. The zero-order valence-electron chi connectivity index (χ0n) is 13.9. The molecule has 0 spiro atoms. The summed E-state index contributed by atoms with van der Waals surface area (Å²) < 4.78 is 10.0. The van der Waals surface area contributed by atoms with Gasteiger partial charge < -0.3 is 19.7 Å². The molecule has 1 aliphatic heterocycles. The quantitative estimate of drug-likeness (QED) is 0.548. The van der Waals surface area contributed by atoms with E-state index in [0.29, 0.717) is 12.0 Å². The van der Waals surface area contributed by atoms with Gasteiger partial charge in [-0.25, -0.2) is 9.59 Å². The molecule has 2 N–H and O–H groups in total. The zero-order chi connectivity index (χ0) is 18.4. The van der Waals surface area contributed by atoms with E-state index in [4.69, 9.17) is 9.47 Å². The molecule has 0 radical (unpaired) electrons. The van der Waals surface area contributed by atoms with E-state index < -0.39 is 29.3 Å². The molecule has 134 valence electrons. The SMILES string of the molecule is CCCCOC(=O)CCC1(C(=O)O)OC(=O)C(O)=C1c1ccccc1. The maximum absolute atomic E-state index is 11.9. The van der Waals surface area contributed by atoms with Gasteiger partial charge in [0.05, 0.1) is 18.6 Å². The maximum atomic E-state index is 11.9. The minimum atomic E-state index is -2.12. The van der Waals surface area contributed by atoms with Gasteiger partial charge in [-0.15, -0.1) is 0 Å². The molecule has 1 aliphatic rings. The highest BCUT2D eigenvalue weighted by Gasteiger charge is 2.54. The summed E-state index contributed by atoms with van der Waals surface area (Å²) in [4.78, 5) is 35.5. The summed E-state index contributed by atoms with van der Waals surface area (Å²) in [5, 5.41) is 19.7. The number of rotatable bonds is 8. The maximum Gasteiger partial charge on any atom is 0.375 e. The van der Waals surface area contributed by atoms with Gasteiger partial charge in [0.1, 0.15) is 0 Å². The van der Waals surface area contributed by atoms with Crippen LogP contribution in [-0.2, 0) is 23.9 Å². The number of carboxylic acid groups (broad SMARTS) is 1. The number of carboxylic acids is 1. The normalized spacial score (nSPS) is 19.6. The molecule has 0 aliphatic carbocycles. The highest BCUT2D eigenvalue weighted by Crippen LogP contribution is 2.42. The van der Waals surface area contributed by atoms with Crippen LogP contribution in [0.15, 0.2) is 36.1 Å². The number of aliphatic hydroxyl groups excluding tert-OH is 1. The molecular weight excluding hydrogens is 328 g/mol. The first-order valence-corrected chi connectivity index (χ1v) is 8.04. The van der Waals surface area contributed by atoms with Crippen LogP contribution in [-0.4, -0.2) is 40.3 Å². The Morgan fingerprint density at radius 3 is 2.52 bits per heavy atom. The van der Waals surface area contributed by atoms with Crippen LogP contribution in [0.4, 0.5) is 0 Å². The third-order valence-electron chi connectivity index (χ3n) is 3.95. The van der Waals surface area contributed by atoms with Gasteiger partial charge in [-0.1, -0.05) is 43.7 Å². The number of benzene rings is 1. The predicted molar refractivity (Wildman–Crippen MR) is 87.6 cm³/mol. The molecule has 0 saturated heterocycles. The average molecular weight is 348 g/mol. The number of aliphatic carboxylic acids is 1. The molecule has 25 heavy (non-hydrogen) atoms. The highest BCUT2D eigenvalue weighted by molar-refractivity contribution is 6.10. The number of esters is 2. The lowest BCUT2D eigenvalue weighted by atomic mass is 9.84. The number of hydrogen-bond acceptors (Lipinski definition) is 6. The lowest BCUT2D eigenvalue weighted by Crippen LogP contribution is -2.41. The van der Waals surface area contributed by atoms with Crippen LogP contribution in [0.25, 0.3) is 5.57 Å². The minimum absolute atomic E-state index is 0.146. The van der Waals surface area contributed by atoms with Crippen LogP contribution in [0.3, 0.4) is 0 Å². The third-order valence-corrected chi connectivity index (χ3v) is 3.95. The molecule has 0 saturated carbocycles. The Morgan fingerprint density at radius 1 is 1.24 bits per heavy atom. The zero-order valence-corrected chi connectivity index (χ0v) is 13.9. The van der Waals surface area contributed by atoms with Gasteiger partial charge in [0, 0.05) is 6.42 Å². The molecule has 1 atom stereocenters. The van der Waals surface area contributed by atoms with Crippen molar-refractivity contribution in [2.45, 2.75) is 38.2 Å². The number of cyclic esters (lactones) is 1. The summed E-state index contributed by atoms with van der Waals surface area (Å²) in [6, 6.07) is 8.12. The molecule has 1 aromatic carbocycles. The van der Waals surface area contributed by atoms with Gasteiger partial charge in [-0.3, -0.25) is 4.79 Å². The molecule has 0 amide bonds. The molecule has 0 aromatic heterocycles. The number of aliphatic hydroxyl groups is 1. The van der Waals surface area contributed by atoms with E-state index in [0.717, 1.165) is 6.42 Å². The van der Waals surface area contributed by atoms with Gasteiger partial charge in [0.2, 0.25) is 11.4 Å². The summed E-state index contributed by atoms with van der Waals surface area (Å²) in [7, 11) is 0. The lowest BCUT2D eigenvalue weighted by molar-refractivity contribution is -0.168. The van der Waals surface area contributed by atoms with E-state index in [2.05, 4.69) is 0 Å². The van der Waals surface area contributed by atoms with Crippen LogP contribution in [0.2, 0.25) is 0 Å². The summed E-state index contributed by atoms with van der Waals surface area (Å²) in [5.74, 6) is -3.91. The molecule has 7 nitrogen and oxygen atoms in total. The van der Waals surface area contributed by atoms with Crippen molar-refractivity contribution in [2.75, 3.05) is 6.61 Å². The van der Waals surface area contributed by atoms with Crippen LogP contribution in [0.1, 0.15) is 38.2 Å². The molecular formula is C18H20O7. The number of ether oxygens (including phenoxy) is 2. The van der Waals surface area contributed by atoms with Gasteiger partial charge in [-0.2, -0.15) is 0 Å². The number of carbonyl (C=O) groups is 3. The molecule has 2 rings (SSSR count). The van der Waals surface area contributed by atoms with E-state index in [1.54, 1.807) is 30.3 Å². The Bertz CT molecular complexity index is 693. The smallest absolute Gasteiger partial charge is 0.375 e. The highest BCUT2D eigenvalue weighted by atomic mass is 16.6. The standard InChI is InChI=1S/C18H20O7/c1-2-3-11-24-13(19)9-10-18(17(22)23)14(15(20)16(21)25-18)12-7-5-4-6-8-12/h4-8,20H,2-3,9-11H2,1H3,(H,22,23). The van der Waals surface area contributed by atoms with Crippen molar-refractivity contribution in [1.29, 1.82) is 0 Å². The Labute approximate surface area is 144 Å². The minimum Gasteiger partial charge on any atom is -0.502 e. The number of hydrogen-bond donors (Lipinski definition) is 2.